The van der Waals surface area contributed by atoms with Crippen LogP contribution in [-0.4, -0.2) is 66.2 Å². The zero-order valence-corrected chi connectivity index (χ0v) is 17.7. The van der Waals surface area contributed by atoms with Gasteiger partial charge in [0.25, 0.3) is 0 Å². The van der Waals surface area contributed by atoms with Gasteiger partial charge in [-0.25, -0.2) is 9.78 Å². The second-order valence-electron chi connectivity index (χ2n) is 7.02. The number of anilines is 2. The number of carboxylic acid groups (broad SMARTS) is 1. The molecular formula is C17H17BN8O6S. The largest absolute Gasteiger partial charge is 0.547 e. The number of carboxylic acids is 1. The van der Waals surface area contributed by atoms with Crippen molar-refractivity contribution >= 4 is 47.2 Å². The maximum Gasteiger partial charge on any atom is 0.547 e. The van der Waals surface area contributed by atoms with Crippen molar-refractivity contribution in [3.05, 3.63) is 40.5 Å². The van der Waals surface area contributed by atoms with Crippen LogP contribution >= 0.6 is 11.3 Å². The summed E-state index contributed by atoms with van der Waals surface area (Å²) in [6.07, 6.45) is -0.0831. The zero-order chi connectivity index (χ0) is 23.5. The molecule has 4 rings (SSSR count). The molecule has 0 saturated heterocycles. The van der Waals surface area contributed by atoms with Crippen LogP contribution in [0.3, 0.4) is 0 Å². The molecule has 3 aromatic rings. The lowest BCUT2D eigenvalue weighted by Gasteiger charge is -2.28. The summed E-state index contributed by atoms with van der Waals surface area (Å²) in [6.45, 7) is -0.246. The van der Waals surface area contributed by atoms with Gasteiger partial charge in [-0.1, -0.05) is 12.1 Å². The lowest BCUT2D eigenvalue weighted by atomic mass is 9.72. The van der Waals surface area contributed by atoms with Gasteiger partial charge in [-0.15, -0.1) is 21.5 Å². The molecule has 1 aliphatic heterocycles. The summed E-state index contributed by atoms with van der Waals surface area (Å²) in [5, 5.41) is 38.0. The number of benzene rings is 1. The highest BCUT2D eigenvalue weighted by Crippen LogP contribution is 2.30. The summed E-state index contributed by atoms with van der Waals surface area (Å²) in [7, 11) is -1.44. The highest BCUT2D eigenvalue weighted by atomic mass is 32.1. The molecule has 33 heavy (non-hydrogen) atoms. The van der Waals surface area contributed by atoms with E-state index in [2.05, 4.69) is 31.0 Å². The normalized spacial score (nSPS) is 14.8. The van der Waals surface area contributed by atoms with Crippen LogP contribution < -0.4 is 21.0 Å². The Bertz CT molecular complexity index is 1220. The number of hydrogen-bond acceptors (Lipinski definition) is 11. The number of para-hydroxylation sites is 1. The quantitative estimate of drug-likeness (QED) is 0.256. The first-order chi connectivity index (χ1) is 15.8. The molecule has 1 aromatic carbocycles. The van der Waals surface area contributed by atoms with E-state index in [1.165, 1.54) is 17.4 Å². The Hall–Kier alpha value is -4.05. The summed E-state index contributed by atoms with van der Waals surface area (Å²) in [5.74, 6) is -2.49. The molecular weight excluding hydrogens is 455 g/mol. The van der Waals surface area contributed by atoms with Gasteiger partial charge >= 0.3 is 13.1 Å². The third-order valence-electron chi connectivity index (χ3n) is 4.58. The minimum atomic E-state index is -1.44. The molecule has 2 amide bonds. The molecule has 0 fully saturated rings. The number of fused-ring (bicyclic) bond motifs is 1. The summed E-state index contributed by atoms with van der Waals surface area (Å²) in [6, 6.07) is 4.59. The van der Waals surface area contributed by atoms with Crippen LogP contribution in [0.15, 0.2) is 23.6 Å². The number of aromatic carboxylic acids is 1. The van der Waals surface area contributed by atoms with Gasteiger partial charge in [-0.2, -0.15) is 4.80 Å². The van der Waals surface area contributed by atoms with E-state index >= 15 is 0 Å². The van der Waals surface area contributed by atoms with Crippen LogP contribution in [0.1, 0.15) is 21.7 Å². The monoisotopic (exact) mass is 472 g/mol. The molecule has 0 bridgehead atoms. The van der Waals surface area contributed by atoms with E-state index in [0.717, 1.165) is 4.80 Å². The van der Waals surface area contributed by atoms with Crippen molar-refractivity contribution in [1.82, 2.24) is 30.5 Å². The first kappa shape index (κ1) is 22.2. The van der Waals surface area contributed by atoms with Crippen LogP contribution in [0, 0.1) is 0 Å². The summed E-state index contributed by atoms with van der Waals surface area (Å²) in [4.78, 5) is 40.7. The van der Waals surface area contributed by atoms with Crippen molar-refractivity contribution in [3.8, 4) is 5.75 Å². The third-order valence-corrected chi connectivity index (χ3v) is 5.26. The van der Waals surface area contributed by atoms with Crippen LogP contribution in [-0.2, 0) is 29.0 Å². The smallest absolute Gasteiger partial charge is 0.534 e. The van der Waals surface area contributed by atoms with Gasteiger partial charge in [-0.05, 0) is 23.3 Å². The minimum Gasteiger partial charge on any atom is -0.534 e. The Morgan fingerprint density at radius 2 is 2.15 bits per heavy atom. The summed E-state index contributed by atoms with van der Waals surface area (Å²) < 4.78 is 5.34. The number of rotatable bonds is 7. The van der Waals surface area contributed by atoms with E-state index in [-0.39, 0.29) is 36.5 Å². The van der Waals surface area contributed by atoms with E-state index in [1.54, 1.807) is 17.5 Å². The number of carbonyl (C=O) groups excluding carboxylic acids is 2. The number of carbonyl (C=O) groups is 3. The average molecular weight is 472 g/mol. The SMILES string of the molecule is Nc1nc(NC(=O)Cn2nnc(CC(=O)N[C@H]3Cc4cccc(C(=O)O)c4OB3O)n2)cs1. The van der Waals surface area contributed by atoms with E-state index in [9.17, 15) is 24.5 Å². The predicted octanol–water partition coefficient (Wildman–Crippen LogP) is -1.27. The highest BCUT2D eigenvalue weighted by molar-refractivity contribution is 7.13. The second kappa shape index (κ2) is 9.21. The highest BCUT2D eigenvalue weighted by Gasteiger charge is 2.37. The lowest BCUT2D eigenvalue weighted by molar-refractivity contribution is -0.121. The van der Waals surface area contributed by atoms with E-state index in [4.69, 9.17) is 10.4 Å². The Balaban J connectivity index is 1.32. The van der Waals surface area contributed by atoms with Crippen LogP contribution in [0.2, 0.25) is 0 Å². The van der Waals surface area contributed by atoms with Gasteiger partial charge in [0.1, 0.15) is 18.1 Å². The molecule has 3 heterocycles. The number of tetrazole rings is 1. The molecule has 16 heteroatoms. The van der Waals surface area contributed by atoms with Crippen LogP contribution in [0.4, 0.5) is 10.9 Å². The van der Waals surface area contributed by atoms with E-state index < -0.39 is 30.8 Å². The minimum absolute atomic E-state index is 0.0676. The van der Waals surface area contributed by atoms with E-state index in [1.807, 2.05) is 0 Å². The first-order valence-corrected chi connectivity index (χ1v) is 10.4. The number of nitrogens with two attached hydrogens (primary N) is 1. The Kier molecular flexibility index (Phi) is 6.19. The molecule has 1 atom stereocenters. The van der Waals surface area contributed by atoms with Gasteiger partial charge in [-0.3, -0.25) is 9.59 Å². The van der Waals surface area contributed by atoms with Gasteiger partial charge in [0, 0.05) is 5.38 Å². The lowest BCUT2D eigenvalue weighted by Crippen LogP contribution is -2.53. The van der Waals surface area contributed by atoms with Crippen molar-refractivity contribution in [2.45, 2.75) is 25.3 Å². The zero-order valence-electron chi connectivity index (χ0n) is 16.8. The second-order valence-corrected chi connectivity index (χ2v) is 7.91. The maximum absolute atomic E-state index is 12.4. The molecule has 0 aliphatic carbocycles. The van der Waals surface area contributed by atoms with E-state index in [0.29, 0.717) is 16.5 Å². The Morgan fingerprint density at radius 3 is 2.88 bits per heavy atom. The fourth-order valence-corrected chi connectivity index (χ4v) is 3.68. The van der Waals surface area contributed by atoms with Crippen molar-refractivity contribution in [1.29, 1.82) is 0 Å². The molecule has 2 aromatic heterocycles. The van der Waals surface area contributed by atoms with Crippen molar-refractivity contribution in [2.24, 2.45) is 0 Å². The third kappa shape index (κ3) is 5.24. The van der Waals surface area contributed by atoms with Gasteiger partial charge in [0.05, 0.1) is 17.9 Å². The summed E-state index contributed by atoms with van der Waals surface area (Å²) in [5.41, 5.74) is 5.98. The number of hydrogen-bond donors (Lipinski definition) is 5. The van der Waals surface area contributed by atoms with Crippen molar-refractivity contribution in [3.63, 3.8) is 0 Å². The average Bonchev–Trinajstić information content (AvgIpc) is 3.36. The van der Waals surface area contributed by atoms with Gasteiger partial charge in [0.15, 0.2) is 11.0 Å². The molecule has 14 nitrogen and oxygen atoms in total. The molecule has 0 unspecified atom stereocenters. The topological polar surface area (TPSA) is 207 Å². The number of aromatic nitrogens is 5. The number of amides is 2. The number of nitrogens with zero attached hydrogens (tertiary/aromatic N) is 5. The van der Waals surface area contributed by atoms with Gasteiger partial charge < -0.3 is 31.2 Å². The molecule has 1 aliphatic rings. The molecule has 0 saturated carbocycles. The first-order valence-electron chi connectivity index (χ1n) is 9.55. The van der Waals surface area contributed by atoms with Crippen molar-refractivity contribution in [2.75, 3.05) is 11.1 Å². The number of nitrogen functional groups attached to an aromatic ring is 1. The Labute approximate surface area is 189 Å². The van der Waals surface area contributed by atoms with Crippen LogP contribution in [0.25, 0.3) is 0 Å². The number of nitrogens with one attached hydrogen (secondary N) is 2. The number of thiazole rings is 1. The standard InChI is InChI=1S/C17H17BN8O6S/c19-17-22-12(7-33-17)21-14(28)6-26-24-11(23-25-26)5-13(27)20-10-4-8-2-1-3-9(16(29)30)15(8)32-18(10)31/h1-3,7,10,31H,4-6H2,(H2,19,22)(H,20,27)(H,21,28)(H,29,30)/t10-/m0/s1. The molecule has 6 N–H and O–H groups in total. The molecule has 0 radical (unpaired) electrons. The predicted molar refractivity (Wildman–Crippen MR) is 114 cm³/mol. The van der Waals surface area contributed by atoms with Crippen LogP contribution in [0.5, 0.6) is 5.75 Å². The maximum atomic E-state index is 12.4. The fraction of sp³-hybridized carbons (Fsp3) is 0.235. The van der Waals surface area contributed by atoms with Crippen molar-refractivity contribution < 1.29 is 29.2 Å². The fourth-order valence-electron chi connectivity index (χ4n) is 3.19. The summed E-state index contributed by atoms with van der Waals surface area (Å²) >= 11 is 1.18. The molecule has 0 spiro atoms. The van der Waals surface area contributed by atoms with Gasteiger partial charge in [0.2, 0.25) is 11.8 Å². The Morgan fingerprint density at radius 1 is 1.33 bits per heavy atom. The molecule has 170 valence electrons.